The van der Waals surface area contributed by atoms with Crippen molar-refractivity contribution in [2.75, 3.05) is 17.7 Å². The van der Waals surface area contributed by atoms with Gasteiger partial charge < -0.3 is 4.74 Å². The van der Waals surface area contributed by atoms with Gasteiger partial charge in [0.25, 0.3) is 0 Å². The summed E-state index contributed by atoms with van der Waals surface area (Å²) in [6.07, 6.45) is 0.312. The van der Waals surface area contributed by atoms with E-state index in [0.29, 0.717) is 18.8 Å². The Hall–Kier alpha value is -2.09. The first-order chi connectivity index (χ1) is 10.2. The standard InChI is InChI=1S/C13H15FN4O2S/c1-2-20-13-16-12(17-18-13)15-11(19)7-8-21-10-5-3-9(14)4-6-10/h3-6H,2,7-8H2,1H3,(H2,15,16,17,18,19). The van der Waals surface area contributed by atoms with Gasteiger partial charge in [0.1, 0.15) is 5.82 Å². The first-order valence-corrected chi connectivity index (χ1v) is 7.39. The number of H-pyrrole nitrogens is 1. The number of hydrogen-bond donors (Lipinski definition) is 2. The minimum absolute atomic E-state index is 0.177. The second kappa shape index (κ2) is 7.63. The van der Waals surface area contributed by atoms with Crippen LogP contribution in [0.2, 0.25) is 0 Å². The number of carbonyl (C=O) groups excluding carboxylic acids is 1. The zero-order chi connectivity index (χ0) is 15.1. The highest BCUT2D eigenvalue weighted by atomic mass is 32.2. The molecule has 1 heterocycles. The van der Waals surface area contributed by atoms with Crippen molar-refractivity contribution in [1.82, 2.24) is 15.2 Å². The number of aromatic amines is 1. The summed E-state index contributed by atoms with van der Waals surface area (Å²) in [7, 11) is 0. The summed E-state index contributed by atoms with van der Waals surface area (Å²) in [6.45, 7) is 2.28. The van der Waals surface area contributed by atoms with E-state index in [1.165, 1.54) is 23.9 Å². The smallest absolute Gasteiger partial charge is 0.337 e. The van der Waals surface area contributed by atoms with E-state index in [1.807, 2.05) is 6.92 Å². The van der Waals surface area contributed by atoms with Crippen LogP contribution in [-0.2, 0) is 4.79 Å². The van der Waals surface area contributed by atoms with E-state index in [0.717, 1.165) is 4.90 Å². The number of anilines is 1. The molecule has 0 bridgehead atoms. The van der Waals surface area contributed by atoms with E-state index in [1.54, 1.807) is 12.1 Å². The highest BCUT2D eigenvalue weighted by Crippen LogP contribution is 2.19. The van der Waals surface area contributed by atoms with Crippen LogP contribution in [0.4, 0.5) is 10.3 Å². The predicted molar refractivity (Wildman–Crippen MR) is 77.9 cm³/mol. The second-order valence-electron chi connectivity index (χ2n) is 4.00. The molecule has 0 atom stereocenters. The van der Waals surface area contributed by atoms with Gasteiger partial charge in [0.15, 0.2) is 0 Å². The predicted octanol–water partition coefficient (Wildman–Crippen LogP) is 2.46. The van der Waals surface area contributed by atoms with Crippen LogP contribution in [-0.4, -0.2) is 33.4 Å². The number of benzene rings is 1. The lowest BCUT2D eigenvalue weighted by Gasteiger charge is -2.02. The van der Waals surface area contributed by atoms with Gasteiger partial charge in [-0.3, -0.25) is 10.1 Å². The van der Waals surface area contributed by atoms with Crippen LogP contribution >= 0.6 is 11.8 Å². The molecule has 0 unspecified atom stereocenters. The van der Waals surface area contributed by atoms with E-state index >= 15 is 0 Å². The maximum atomic E-state index is 12.7. The molecule has 1 aromatic carbocycles. The van der Waals surface area contributed by atoms with Crippen LogP contribution in [0.25, 0.3) is 0 Å². The molecule has 0 spiro atoms. The fourth-order valence-corrected chi connectivity index (χ4v) is 2.33. The van der Waals surface area contributed by atoms with Crippen LogP contribution in [0.5, 0.6) is 6.01 Å². The van der Waals surface area contributed by atoms with Crippen molar-refractivity contribution in [1.29, 1.82) is 0 Å². The molecule has 0 aliphatic carbocycles. The van der Waals surface area contributed by atoms with E-state index in [2.05, 4.69) is 20.5 Å². The summed E-state index contributed by atoms with van der Waals surface area (Å²) in [6, 6.07) is 6.36. The zero-order valence-electron chi connectivity index (χ0n) is 11.4. The number of carbonyl (C=O) groups is 1. The maximum absolute atomic E-state index is 12.7. The Morgan fingerprint density at radius 1 is 1.43 bits per heavy atom. The molecule has 0 fully saturated rings. The third kappa shape index (κ3) is 5.07. The number of nitrogens with zero attached hydrogens (tertiary/aromatic N) is 2. The molecule has 1 aromatic heterocycles. The molecule has 0 aliphatic rings. The van der Waals surface area contributed by atoms with E-state index in [4.69, 9.17) is 4.74 Å². The quantitative estimate of drug-likeness (QED) is 0.768. The Balaban J connectivity index is 1.72. The van der Waals surface area contributed by atoms with Gasteiger partial charge in [0.2, 0.25) is 11.9 Å². The molecule has 2 N–H and O–H groups in total. The average Bonchev–Trinajstić information content (AvgIpc) is 2.89. The van der Waals surface area contributed by atoms with Gasteiger partial charge in [-0.15, -0.1) is 16.9 Å². The van der Waals surface area contributed by atoms with Crippen molar-refractivity contribution in [3.63, 3.8) is 0 Å². The van der Waals surface area contributed by atoms with Crippen LogP contribution in [0, 0.1) is 5.82 Å². The zero-order valence-corrected chi connectivity index (χ0v) is 12.2. The second-order valence-corrected chi connectivity index (χ2v) is 5.17. The lowest BCUT2D eigenvalue weighted by molar-refractivity contribution is -0.115. The highest BCUT2D eigenvalue weighted by molar-refractivity contribution is 7.99. The molecule has 112 valence electrons. The van der Waals surface area contributed by atoms with E-state index in [9.17, 15) is 9.18 Å². The number of ether oxygens (including phenoxy) is 1. The molecule has 2 aromatic rings. The molecule has 6 nitrogen and oxygen atoms in total. The van der Waals surface area contributed by atoms with Crippen LogP contribution in [0.3, 0.4) is 0 Å². The number of rotatable bonds is 7. The Morgan fingerprint density at radius 2 is 2.19 bits per heavy atom. The number of nitrogens with one attached hydrogen (secondary N) is 2. The van der Waals surface area contributed by atoms with Gasteiger partial charge in [-0.2, -0.15) is 4.98 Å². The first-order valence-electron chi connectivity index (χ1n) is 6.41. The highest BCUT2D eigenvalue weighted by Gasteiger charge is 2.08. The van der Waals surface area contributed by atoms with Crippen molar-refractivity contribution in [2.45, 2.75) is 18.2 Å². The summed E-state index contributed by atoms with van der Waals surface area (Å²) in [5.74, 6) is 0.399. The van der Waals surface area contributed by atoms with Crippen molar-refractivity contribution in [2.24, 2.45) is 0 Å². The fourth-order valence-electron chi connectivity index (χ4n) is 1.48. The van der Waals surface area contributed by atoms with Gasteiger partial charge in [-0.1, -0.05) is 0 Å². The Kier molecular flexibility index (Phi) is 5.56. The molecule has 0 saturated heterocycles. The van der Waals surface area contributed by atoms with Crippen LogP contribution < -0.4 is 10.1 Å². The maximum Gasteiger partial charge on any atom is 0.337 e. The number of thioether (sulfide) groups is 1. The van der Waals surface area contributed by atoms with Crippen molar-refractivity contribution in [3.05, 3.63) is 30.1 Å². The fraction of sp³-hybridized carbons (Fsp3) is 0.308. The number of amides is 1. The molecule has 2 rings (SSSR count). The minimum Gasteiger partial charge on any atom is -0.463 e. The van der Waals surface area contributed by atoms with Crippen molar-refractivity contribution in [3.8, 4) is 6.01 Å². The monoisotopic (exact) mass is 310 g/mol. The molecule has 0 aliphatic heterocycles. The van der Waals surface area contributed by atoms with Gasteiger partial charge in [0, 0.05) is 17.1 Å². The third-order valence-corrected chi connectivity index (χ3v) is 3.42. The lowest BCUT2D eigenvalue weighted by atomic mass is 10.4. The van der Waals surface area contributed by atoms with Crippen LogP contribution in [0.15, 0.2) is 29.2 Å². The first kappa shape index (κ1) is 15.3. The number of hydrogen-bond acceptors (Lipinski definition) is 5. The normalized spacial score (nSPS) is 10.4. The molecule has 0 radical (unpaired) electrons. The largest absolute Gasteiger partial charge is 0.463 e. The summed E-state index contributed by atoms with van der Waals surface area (Å²) in [5.41, 5.74) is 0. The summed E-state index contributed by atoms with van der Waals surface area (Å²) in [5, 5.41) is 8.95. The molecule has 0 saturated carbocycles. The van der Waals surface area contributed by atoms with Gasteiger partial charge >= 0.3 is 6.01 Å². The lowest BCUT2D eigenvalue weighted by Crippen LogP contribution is -2.13. The molecular weight excluding hydrogens is 295 g/mol. The molecule has 1 amide bonds. The van der Waals surface area contributed by atoms with Gasteiger partial charge in [-0.05, 0) is 31.2 Å². The molecule has 21 heavy (non-hydrogen) atoms. The number of halogens is 1. The summed E-state index contributed by atoms with van der Waals surface area (Å²) < 4.78 is 17.8. The Bertz CT molecular complexity index is 588. The molecular formula is C13H15FN4O2S. The Labute approximate surface area is 125 Å². The Morgan fingerprint density at radius 3 is 2.90 bits per heavy atom. The van der Waals surface area contributed by atoms with Crippen molar-refractivity contribution < 1.29 is 13.9 Å². The van der Waals surface area contributed by atoms with Crippen LogP contribution in [0.1, 0.15) is 13.3 Å². The summed E-state index contributed by atoms with van der Waals surface area (Å²) in [4.78, 5) is 16.6. The molecule has 8 heteroatoms. The SMILES string of the molecule is CCOc1n[nH]c(NC(=O)CCSc2ccc(F)cc2)n1. The van der Waals surface area contributed by atoms with Crippen molar-refractivity contribution >= 4 is 23.6 Å². The summed E-state index contributed by atoms with van der Waals surface area (Å²) >= 11 is 1.48. The van der Waals surface area contributed by atoms with Gasteiger partial charge in [0.05, 0.1) is 6.61 Å². The van der Waals surface area contributed by atoms with Gasteiger partial charge in [-0.25, -0.2) is 9.49 Å². The van der Waals surface area contributed by atoms with E-state index in [-0.39, 0.29) is 23.7 Å². The topological polar surface area (TPSA) is 79.9 Å². The third-order valence-electron chi connectivity index (χ3n) is 2.41. The minimum atomic E-state index is -0.271. The van der Waals surface area contributed by atoms with E-state index < -0.39 is 0 Å². The average molecular weight is 310 g/mol. The number of aromatic nitrogens is 3.